The first-order valence-electron chi connectivity index (χ1n) is 10.6. The Kier molecular flexibility index (Phi) is 18.7. The number of hydrogen-bond acceptors (Lipinski definition) is 2. The van der Waals surface area contributed by atoms with Crippen molar-refractivity contribution < 1.29 is 9.84 Å². The highest BCUT2D eigenvalue weighted by Crippen LogP contribution is 2.14. The van der Waals surface area contributed by atoms with Gasteiger partial charge in [-0.1, -0.05) is 109 Å². The fourth-order valence-electron chi connectivity index (χ4n) is 3.01. The van der Waals surface area contributed by atoms with Crippen LogP contribution < -0.4 is 0 Å². The largest absolute Gasteiger partial charge is 0.368 e. The molecule has 0 spiro atoms. The highest BCUT2D eigenvalue weighted by atomic mass is 16.6. The number of hydrogen-bond donors (Lipinski definition) is 1. The van der Waals surface area contributed by atoms with Crippen LogP contribution in [0.15, 0.2) is 12.2 Å². The SMILES string of the molecule is C=C(C)COC(O)CCCCCCCCCCCCCCCCC. The zero-order valence-electron chi connectivity index (χ0n) is 16.7. The van der Waals surface area contributed by atoms with E-state index in [1.54, 1.807) is 0 Å². The van der Waals surface area contributed by atoms with Gasteiger partial charge < -0.3 is 9.84 Å². The molecule has 0 aromatic rings. The fourth-order valence-corrected chi connectivity index (χ4v) is 3.01. The van der Waals surface area contributed by atoms with Crippen LogP contribution in [0.2, 0.25) is 0 Å². The molecule has 0 aromatic carbocycles. The number of rotatable bonds is 19. The molecule has 1 N–H and O–H groups in total. The predicted octanol–water partition coefficient (Wildman–Crippen LogP) is 7.16. The maximum absolute atomic E-state index is 9.64. The van der Waals surface area contributed by atoms with Gasteiger partial charge in [0, 0.05) is 0 Å². The van der Waals surface area contributed by atoms with Gasteiger partial charge in [0.15, 0.2) is 6.29 Å². The average Bonchev–Trinajstić information content (AvgIpc) is 2.56. The van der Waals surface area contributed by atoms with Crippen LogP contribution in [-0.2, 0) is 4.74 Å². The summed E-state index contributed by atoms with van der Waals surface area (Å²) >= 11 is 0. The van der Waals surface area contributed by atoms with Crippen LogP contribution >= 0.6 is 0 Å². The van der Waals surface area contributed by atoms with Crippen molar-refractivity contribution in [3.63, 3.8) is 0 Å². The van der Waals surface area contributed by atoms with Crippen molar-refractivity contribution in [2.45, 2.75) is 123 Å². The van der Waals surface area contributed by atoms with Crippen molar-refractivity contribution in [1.29, 1.82) is 0 Å². The molecular formula is C22H44O2. The van der Waals surface area contributed by atoms with Gasteiger partial charge in [-0.3, -0.25) is 0 Å². The molecular weight excluding hydrogens is 296 g/mol. The zero-order chi connectivity index (χ0) is 17.9. The summed E-state index contributed by atoms with van der Waals surface area (Å²) in [4.78, 5) is 0. The van der Waals surface area contributed by atoms with Crippen LogP contribution in [0.5, 0.6) is 0 Å². The van der Waals surface area contributed by atoms with Crippen LogP contribution in [0.4, 0.5) is 0 Å². The van der Waals surface area contributed by atoms with Crippen molar-refractivity contribution >= 4 is 0 Å². The van der Waals surface area contributed by atoms with Gasteiger partial charge in [-0.2, -0.15) is 0 Å². The van der Waals surface area contributed by atoms with E-state index in [9.17, 15) is 5.11 Å². The summed E-state index contributed by atoms with van der Waals surface area (Å²) in [5.41, 5.74) is 0.963. The zero-order valence-corrected chi connectivity index (χ0v) is 16.7. The van der Waals surface area contributed by atoms with Crippen molar-refractivity contribution in [1.82, 2.24) is 0 Å². The van der Waals surface area contributed by atoms with E-state index in [0.717, 1.165) is 18.4 Å². The highest BCUT2D eigenvalue weighted by molar-refractivity contribution is 4.87. The van der Waals surface area contributed by atoms with Crippen LogP contribution in [0, 0.1) is 0 Å². The standard InChI is InChI=1S/C22H44O2/c1-4-5-6-7-8-9-10-11-12-13-14-15-16-17-18-19-22(23)24-20-21(2)3/h22-23H,2,4-20H2,1,3H3. The Morgan fingerprint density at radius 1 is 0.750 bits per heavy atom. The van der Waals surface area contributed by atoms with Crippen LogP contribution in [-0.4, -0.2) is 18.0 Å². The minimum Gasteiger partial charge on any atom is -0.368 e. The molecule has 1 atom stereocenters. The molecule has 2 nitrogen and oxygen atoms in total. The van der Waals surface area contributed by atoms with Gasteiger partial charge in [-0.15, -0.1) is 0 Å². The summed E-state index contributed by atoms with van der Waals surface area (Å²) in [7, 11) is 0. The Balaban J connectivity index is 3.08. The number of aliphatic hydroxyl groups excluding tert-OH is 1. The first-order chi connectivity index (χ1) is 11.7. The van der Waals surface area contributed by atoms with E-state index in [-0.39, 0.29) is 0 Å². The Hall–Kier alpha value is -0.340. The van der Waals surface area contributed by atoms with Gasteiger partial charge in [-0.25, -0.2) is 0 Å². The molecule has 0 aliphatic carbocycles. The topological polar surface area (TPSA) is 29.5 Å². The van der Waals surface area contributed by atoms with E-state index in [1.807, 2.05) is 6.92 Å². The van der Waals surface area contributed by atoms with Gasteiger partial charge in [0.2, 0.25) is 0 Å². The second kappa shape index (κ2) is 19.0. The summed E-state index contributed by atoms with van der Waals surface area (Å²) in [6.45, 7) is 8.44. The molecule has 144 valence electrons. The molecule has 1 unspecified atom stereocenters. The second-order valence-electron chi connectivity index (χ2n) is 7.46. The summed E-state index contributed by atoms with van der Waals surface area (Å²) in [5.74, 6) is 0. The lowest BCUT2D eigenvalue weighted by molar-refractivity contribution is -0.0958. The normalized spacial score (nSPS) is 12.5. The molecule has 0 saturated carbocycles. The summed E-state index contributed by atoms with van der Waals surface area (Å²) < 4.78 is 5.28. The van der Waals surface area contributed by atoms with E-state index in [2.05, 4.69) is 13.5 Å². The lowest BCUT2D eigenvalue weighted by Gasteiger charge is -2.11. The third kappa shape index (κ3) is 19.7. The van der Waals surface area contributed by atoms with E-state index >= 15 is 0 Å². The Morgan fingerprint density at radius 2 is 1.12 bits per heavy atom. The first kappa shape index (κ1) is 23.7. The second-order valence-corrected chi connectivity index (χ2v) is 7.46. The van der Waals surface area contributed by atoms with Crippen molar-refractivity contribution in [3.8, 4) is 0 Å². The molecule has 0 rings (SSSR count). The van der Waals surface area contributed by atoms with Crippen molar-refractivity contribution in [2.24, 2.45) is 0 Å². The molecule has 0 amide bonds. The number of unbranched alkanes of at least 4 members (excludes halogenated alkanes) is 14. The first-order valence-corrected chi connectivity index (χ1v) is 10.6. The van der Waals surface area contributed by atoms with Gasteiger partial charge >= 0.3 is 0 Å². The average molecular weight is 341 g/mol. The molecule has 0 aromatic heterocycles. The third-order valence-electron chi connectivity index (χ3n) is 4.58. The van der Waals surface area contributed by atoms with Crippen molar-refractivity contribution in [2.75, 3.05) is 6.61 Å². The summed E-state index contributed by atoms with van der Waals surface area (Å²) in [6.07, 6.45) is 20.7. The minimum atomic E-state index is -0.608. The third-order valence-corrected chi connectivity index (χ3v) is 4.58. The molecule has 0 heterocycles. The molecule has 2 heteroatoms. The molecule has 0 fully saturated rings. The monoisotopic (exact) mass is 340 g/mol. The molecule has 0 aliphatic heterocycles. The quantitative estimate of drug-likeness (QED) is 0.153. The Morgan fingerprint density at radius 3 is 1.50 bits per heavy atom. The van der Waals surface area contributed by atoms with E-state index in [4.69, 9.17) is 4.74 Å². The summed E-state index contributed by atoms with van der Waals surface area (Å²) in [5, 5.41) is 9.64. The van der Waals surface area contributed by atoms with Crippen LogP contribution in [0.25, 0.3) is 0 Å². The summed E-state index contributed by atoms with van der Waals surface area (Å²) in [6, 6.07) is 0. The maximum Gasteiger partial charge on any atom is 0.154 e. The molecule has 0 saturated heterocycles. The molecule has 0 bridgehead atoms. The maximum atomic E-state index is 9.64. The van der Waals surface area contributed by atoms with Crippen LogP contribution in [0.3, 0.4) is 0 Å². The van der Waals surface area contributed by atoms with E-state index < -0.39 is 6.29 Å². The lowest BCUT2D eigenvalue weighted by atomic mass is 10.0. The fraction of sp³-hybridized carbons (Fsp3) is 0.909. The number of aliphatic hydroxyl groups is 1. The molecule has 0 radical (unpaired) electrons. The van der Waals surface area contributed by atoms with Gasteiger partial charge in [0.25, 0.3) is 0 Å². The van der Waals surface area contributed by atoms with Gasteiger partial charge in [0.05, 0.1) is 6.61 Å². The van der Waals surface area contributed by atoms with Crippen LogP contribution in [0.1, 0.15) is 117 Å². The van der Waals surface area contributed by atoms with Gasteiger partial charge in [0.1, 0.15) is 0 Å². The van der Waals surface area contributed by atoms with Gasteiger partial charge in [-0.05, 0) is 19.8 Å². The minimum absolute atomic E-state index is 0.472. The number of ether oxygens (including phenoxy) is 1. The van der Waals surface area contributed by atoms with E-state index in [1.165, 1.54) is 89.9 Å². The Labute approximate surface area is 152 Å². The van der Waals surface area contributed by atoms with E-state index in [0.29, 0.717) is 6.61 Å². The molecule has 24 heavy (non-hydrogen) atoms. The predicted molar refractivity (Wildman–Crippen MR) is 106 cm³/mol. The lowest BCUT2D eigenvalue weighted by Crippen LogP contribution is -2.12. The molecule has 0 aliphatic rings. The Bertz CT molecular complexity index is 263. The smallest absolute Gasteiger partial charge is 0.154 e. The highest BCUT2D eigenvalue weighted by Gasteiger charge is 2.03. The van der Waals surface area contributed by atoms with Crippen molar-refractivity contribution in [3.05, 3.63) is 12.2 Å².